The number of hydrogen-bond donors (Lipinski definition) is 0. The fraction of sp³-hybridized carbons (Fsp3) is 0. The van der Waals surface area contributed by atoms with E-state index in [1.165, 1.54) is 10.1 Å². The van der Waals surface area contributed by atoms with E-state index in [1.54, 1.807) is 11.3 Å². The van der Waals surface area contributed by atoms with E-state index in [0.29, 0.717) is 23.0 Å². The first-order chi connectivity index (χ1) is 29.9. The van der Waals surface area contributed by atoms with Crippen LogP contribution in [0.25, 0.3) is 104 Å². The second-order valence-corrected chi connectivity index (χ2v) is 14.7. The number of thiophene rings is 1. The van der Waals surface area contributed by atoms with Crippen molar-refractivity contribution in [1.82, 2.24) is 19.5 Å². The van der Waals surface area contributed by atoms with Crippen LogP contribution < -0.4 is 0 Å². The molecule has 4 nitrogen and oxygen atoms in total. The van der Waals surface area contributed by atoms with Crippen LogP contribution in [0.5, 0.6) is 0 Å². The number of aromatic nitrogens is 4. The molecule has 3 aromatic heterocycles. The molecule has 0 amide bonds. The predicted octanol–water partition coefficient (Wildman–Crippen LogP) is 13.7. The summed E-state index contributed by atoms with van der Waals surface area (Å²) in [6.07, 6.45) is 0. The molecule has 0 saturated carbocycles. The molecule has 0 unspecified atom stereocenters. The fourth-order valence-corrected chi connectivity index (χ4v) is 9.06. The third kappa shape index (κ3) is 5.32. The summed E-state index contributed by atoms with van der Waals surface area (Å²) in [7, 11) is 0. The first-order valence-corrected chi connectivity index (χ1v) is 19.2. The summed E-state index contributed by atoms with van der Waals surface area (Å²) in [5, 5.41) is 4.17. The quantitative estimate of drug-likeness (QED) is 0.171. The molecule has 56 heavy (non-hydrogen) atoms. The van der Waals surface area contributed by atoms with Gasteiger partial charge in [0.1, 0.15) is 0 Å². The van der Waals surface area contributed by atoms with Gasteiger partial charge in [0.15, 0.2) is 17.5 Å². The van der Waals surface area contributed by atoms with Gasteiger partial charge in [0, 0.05) is 47.6 Å². The van der Waals surface area contributed by atoms with Gasteiger partial charge in [0.05, 0.1) is 23.6 Å². The van der Waals surface area contributed by atoms with Crippen LogP contribution in [0.3, 0.4) is 0 Å². The van der Waals surface area contributed by atoms with E-state index in [-0.39, 0.29) is 29.7 Å². The van der Waals surface area contributed by atoms with Gasteiger partial charge in [-0.3, -0.25) is 0 Å². The van der Waals surface area contributed by atoms with Crippen molar-refractivity contribution in [3.05, 3.63) is 194 Å². The monoisotopic (exact) mass is 737 g/mol. The van der Waals surface area contributed by atoms with Gasteiger partial charge in [-0.15, -0.1) is 11.3 Å². The number of benzene rings is 8. The van der Waals surface area contributed by atoms with Crippen molar-refractivity contribution >= 4 is 53.3 Å². The molecule has 11 rings (SSSR count). The van der Waals surface area contributed by atoms with Crippen molar-refractivity contribution in [1.29, 1.82) is 0 Å². The Hall–Kier alpha value is -7.21. The van der Waals surface area contributed by atoms with Crippen molar-refractivity contribution in [2.45, 2.75) is 0 Å². The molecule has 5 heteroatoms. The van der Waals surface area contributed by atoms with Crippen LogP contribution in [0.15, 0.2) is 194 Å². The normalized spacial score (nSPS) is 12.8. The van der Waals surface area contributed by atoms with E-state index in [0.717, 1.165) is 65.4 Å². The maximum absolute atomic E-state index is 8.70. The second-order valence-electron chi connectivity index (χ2n) is 13.6. The summed E-state index contributed by atoms with van der Waals surface area (Å²) in [6.45, 7) is 0. The van der Waals surface area contributed by atoms with E-state index in [4.69, 9.17) is 21.8 Å². The number of fused-ring (bicyclic) bond motifs is 6. The smallest absolute Gasteiger partial charge is 0.166 e. The highest BCUT2D eigenvalue weighted by Crippen LogP contribution is 2.42. The standard InChI is InChI=1S/C51H32N4S/c1-3-16-33(17-4-1)35-30-31-46-43(32-35)37-21-9-12-27-44(37)55(46)45-28-13-10-24-41(45)50-52-49(40-23-8-7-20-36(40)34-18-5-2-6-19-34)53-51(54-50)42-26-15-25-39-38-22-11-14-29-47(38)56-48(39)42/h1-32H/i1D,3D,4D,16D,17D. The molecule has 0 atom stereocenters. The van der Waals surface area contributed by atoms with Gasteiger partial charge in [-0.1, -0.05) is 152 Å². The molecule has 0 aliphatic heterocycles. The average molecular weight is 738 g/mol. The molecular formula is C51H32N4S. The summed E-state index contributed by atoms with van der Waals surface area (Å²) in [6, 6.07) is 53.6. The highest BCUT2D eigenvalue weighted by molar-refractivity contribution is 7.26. The van der Waals surface area contributed by atoms with Crippen molar-refractivity contribution in [3.63, 3.8) is 0 Å². The van der Waals surface area contributed by atoms with Gasteiger partial charge in [-0.05, 0) is 64.7 Å². The third-order valence-electron chi connectivity index (χ3n) is 10.4. The molecule has 0 radical (unpaired) electrons. The van der Waals surface area contributed by atoms with E-state index >= 15 is 0 Å². The van der Waals surface area contributed by atoms with Crippen LogP contribution >= 0.6 is 11.3 Å². The third-order valence-corrected chi connectivity index (χ3v) is 11.6. The fourth-order valence-electron chi connectivity index (χ4n) is 7.85. The minimum atomic E-state index is -0.415. The lowest BCUT2D eigenvalue weighted by Crippen LogP contribution is -2.04. The van der Waals surface area contributed by atoms with Crippen LogP contribution in [0.2, 0.25) is 0 Å². The van der Waals surface area contributed by atoms with E-state index < -0.39 is 6.04 Å². The molecule has 11 aromatic rings. The lowest BCUT2D eigenvalue weighted by Gasteiger charge is -2.15. The Bertz CT molecular complexity index is 3530. The zero-order valence-electron chi connectivity index (χ0n) is 34.8. The van der Waals surface area contributed by atoms with E-state index in [9.17, 15) is 0 Å². The van der Waals surface area contributed by atoms with Gasteiger partial charge in [0.2, 0.25) is 0 Å². The number of rotatable bonds is 6. The Morgan fingerprint density at radius 3 is 1.86 bits per heavy atom. The second kappa shape index (κ2) is 13.3. The van der Waals surface area contributed by atoms with Crippen LogP contribution in [-0.2, 0) is 0 Å². The molecule has 3 heterocycles. The Balaban J connectivity index is 1.17. The molecule has 0 fully saturated rings. The number of para-hydroxylation sites is 2. The lowest BCUT2D eigenvalue weighted by molar-refractivity contribution is 1.07. The number of nitrogens with zero attached hydrogens (tertiary/aromatic N) is 4. The Morgan fingerprint density at radius 1 is 0.411 bits per heavy atom. The van der Waals surface area contributed by atoms with Gasteiger partial charge in [-0.25, -0.2) is 15.0 Å². The first-order valence-electron chi connectivity index (χ1n) is 20.9. The SMILES string of the molecule is [2H]c1c([2H])c([2H])c(-c2ccc3c(c2)c2ccccc2n3-c2ccccc2-c2nc(-c3ccccc3-c3ccccc3)nc(-c3cccc4c3sc3ccccc34)n2)c([2H])c1[2H]. The molecule has 0 bridgehead atoms. The molecular weight excluding hydrogens is 701 g/mol. The topological polar surface area (TPSA) is 43.6 Å². The minimum Gasteiger partial charge on any atom is -0.309 e. The van der Waals surface area contributed by atoms with Crippen LogP contribution in [0.4, 0.5) is 0 Å². The molecule has 262 valence electrons. The van der Waals surface area contributed by atoms with Crippen LogP contribution in [-0.4, -0.2) is 19.5 Å². The summed E-state index contributed by atoms with van der Waals surface area (Å²) in [4.78, 5) is 15.9. The summed E-state index contributed by atoms with van der Waals surface area (Å²) in [5.41, 5.74) is 8.05. The molecule has 0 aliphatic carbocycles. The maximum atomic E-state index is 8.70. The predicted molar refractivity (Wildman–Crippen MR) is 234 cm³/mol. The first kappa shape index (κ1) is 27.4. The van der Waals surface area contributed by atoms with Gasteiger partial charge in [0.25, 0.3) is 0 Å². The summed E-state index contributed by atoms with van der Waals surface area (Å²) >= 11 is 1.74. The molecule has 0 aliphatic rings. The van der Waals surface area contributed by atoms with Crippen molar-refractivity contribution in [3.8, 4) is 62.1 Å². The zero-order chi connectivity index (χ0) is 41.4. The van der Waals surface area contributed by atoms with Crippen molar-refractivity contribution in [2.24, 2.45) is 0 Å². The molecule has 0 saturated heterocycles. The largest absolute Gasteiger partial charge is 0.309 e. The lowest BCUT2D eigenvalue weighted by atomic mass is 9.99. The summed E-state index contributed by atoms with van der Waals surface area (Å²) in [5.74, 6) is 1.64. The zero-order valence-corrected chi connectivity index (χ0v) is 30.6. The molecule has 8 aromatic carbocycles. The van der Waals surface area contributed by atoms with Crippen LogP contribution in [0, 0.1) is 0 Å². The number of hydrogen-bond acceptors (Lipinski definition) is 4. The average Bonchev–Trinajstić information content (AvgIpc) is 3.86. The Kier molecular flexibility index (Phi) is 6.49. The highest BCUT2D eigenvalue weighted by atomic mass is 32.1. The molecule has 0 spiro atoms. The minimum absolute atomic E-state index is 0.166. The summed E-state index contributed by atoms with van der Waals surface area (Å²) < 4.78 is 46.7. The van der Waals surface area contributed by atoms with Gasteiger partial charge in [-0.2, -0.15) is 0 Å². The highest BCUT2D eigenvalue weighted by Gasteiger charge is 2.22. The Labute approximate surface area is 334 Å². The van der Waals surface area contributed by atoms with Crippen molar-refractivity contribution < 1.29 is 6.85 Å². The van der Waals surface area contributed by atoms with Gasteiger partial charge >= 0.3 is 0 Å². The van der Waals surface area contributed by atoms with E-state index in [2.05, 4.69) is 83.4 Å². The molecule has 0 N–H and O–H groups in total. The van der Waals surface area contributed by atoms with Crippen molar-refractivity contribution in [2.75, 3.05) is 0 Å². The Morgan fingerprint density at radius 2 is 1.02 bits per heavy atom. The maximum Gasteiger partial charge on any atom is 0.166 e. The van der Waals surface area contributed by atoms with Crippen LogP contribution in [0.1, 0.15) is 6.85 Å². The van der Waals surface area contributed by atoms with Gasteiger partial charge < -0.3 is 4.57 Å². The van der Waals surface area contributed by atoms with E-state index in [1.807, 2.05) is 84.9 Å².